The smallest absolute Gasteiger partial charge is 0.232 e. The summed E-state index contributed by atoms with van der Waals surface area (Å²) in [5.74, 6) is 6.79. The Morgan fingerprint density at radius 1 is 0.256 bits per heavy atom. The van der Waals surface area contributed by atoms with Crippen LogP contribution in [0.5, 0.6) is 5.88 Å². The van der Waals surface area contributed by atoms with Crippen LogP contribution >= 0.6 is 0 Å². The summed E-state index contributed by atoms with van der Waals surface area (Å²) in [6.07, 6.45) is 10.9. The van der Waals surface area contributed by atoms with Gasteiger partial charge in [0.25, 0.3) is 0 Å². The quantitative estimate of drug-likeness (QED) is 0.135. The van der Waals surface area contributed by atoms with Gasteiger partial charge in [-0.15, -0.1) is 0 Å². The fraction of sp³-hybridized carbons (Fsp3) is 0.422. The number of rotatable bonds is 10. The Morgan fingerprint density at radius 2 is 0.544 bits per heavy atom. The number of hydrogen-bond donors (Lipinski definition) is 0. The molecule has 0 aliphatic rings. The third-order valence-electron chi connectivity index (χ3n) is 14.4. The van der Waals surface area contributed by atoms with Gasteiger partial charge in [-0.25, -0.2) is 15.0 Å². The van der Waals surface area contributed by atoms with E-state index in [1.165, 1.54) is 61.2 Å². The minimum Gasteiger partial charge on any atom is -0.480 e. The number of methoxy groups -OCH3 is 1. The van der Waals surface area contributed by atoms with Gasteiger partial charge in [0, 0.05) is 48.3 Å². The molecule has 9 rings (SSSR count). The molecular weight excluding hydrogens is 1100 g/mol. The fourth-order valence-electron chi connectivity index (χ4n) is 7.72. The number of pyridine rings is 2. The van der Waals surface area contributed by atoms with E-state index in [4.69, 9.17) is 4.74 Å². The zero-order valence-corrected chi connectivity index (χ0v) is 60.7. The molecule has 486 valence electrons. The van der Waals surface area contributed by atoms with Gasteiger partial charge in [0.05, 0.1) is 19.0 Å². The number of benzene rings is 5. The average Bonchev–Trinajstić information content (AvgIpc) is 3.67. The molecule has 0 spiro atoms. The summed E-state index contributed by atoms with van der Waals surface area (Å²) >= 11 is 0. The first-order chi connectivity index (χ1) is 42.4. The van der Waals surface area contributed by atoms with Gasteiger partial charge in [-0.1, -0.05) is 286 Å². The Hall–Kier alpha value is -7.64. The normalized spacial score (nSPS) is 10.3. The van der Waals surface area contributed by atoms with Gasteiger partial charge in [0.2, 0.25) is 5.88 Å². The van der Waals surface area contributed by atoms with E-state index in [-0.39, 0.29) is 0 Å². The average molecular weight is 1220 g/mol. The summed E-state index contributed by atoms with van der Waals surface area (Å²) in [7, 11) is 1.59. The van der Waals surface area contributed by atoms with Crippen molar-refractivity contribution in [2.24, 2.45) is 0 Å². The summed E-state index contributed by atoms with van der Waals surface area (Å²) in [5.41, 5.74) is 19.3. The van der Waals surface area contributed by atoms with Crippen LogP contribution in [-0.4, -0.2) is 37.0 Å². The monoisotopic (exact) mass is 1210 g/mol. The molecule has 0 aliphatic carbocycles. The number of aryl methyl sites for hydroxylation is 7. The fourth-order valence-corrected chi connectivity index (χ4v) is 7.72. The molecule has 0 amide bonds. The third-order valence-corrected chi connectivity index (χ3v) is 14.4. The van der Waals surface area contributed by atoms with Crippen molar-refractivity contribution < 1.29 is 4.74 Å². The number of nitrogens with zero attached hydrogens (tertiary/aromatic N) is 6. The predicted molar refractivity (Wildman–Crippen MR) is 391 cm³/mol. The first-order valence-corrected chi connectivity index (χ1v) is 32.7. The van der Waals surface area contributed by atoms with E-state index in [0.717, 1.165) is 28.5 Å². The number of aromatic nitrogens is 6. The van der Waals surface area contributed by atoms with Crippen LogP contribution in [-0.2, 0) is 0 Å². The van der Waals surface area contributed by atoms with Gasteiger partial charge in [0.1, 0.15) is 5.82 Å². The molecule has 0 fully saturated rings. The van der Waals surface area contributed by atoms with E-state index >= 15 is 0 Å². The van der Waals surface area contributed by atoms with Gasteiger partial charge in [-0.3, -0.25) is 15.0 Å². The van der Waals surface area contributed by atoms with Crippen LogP contribution in [0.3, 0.4) is 0 Å². The highest BCUT2D eigenvalue weighted by Gasteiger charge is 2.04. The molecule has 0 saturated heterocycles. The Kier molecular flexibility index (Phi) is 40.0. The molecule has 9 aromatic rings. The summed E-state index contributed by atoms with van der Waals surface area (Å²) < 4.78 is 4.93. The summed E-state index contributed by atoms with van der Waals surface area (Å²) in [4.78, 5) is 24.9. The SMILES string of the molecule is CC(C)c1ccccc1.COc1cncc(C(C)C)n1.Cc1ccc(C(C)C)cc1.Cc1ccc(C(C)C)cc1.Cc1ccc(C(C)C)cc1.Cc1ccc(C(C)C)cc1.Cc1ccc(C(C)C)cn1.Cc1ccc(C(C)C)cn1.Cc1cnc(C(C)C)nc1. The van der Waals surface area contributed by atoms with E-state index in [1.807, 2.05) is 51.6 Å². The molecule has 0 N–H and O–H groups in total. The lowest BCUT2D eigenvalue weighted by atomic mass is 10.0. The Labute approximate surface area is 549 Å². The van der Waals surface area contributed by atoms with Crippen molar-refractivity contribution in [1.82, 2.24) is 29.9 Å². The van der Waals surface area contributed by atoms with Crippen LogP contribution in [0.25, 0.3) is 0 Å². The molecule has 5 aromatic carbocycles. The molecule has 0 radical (unpaired) electrons. The van der Waals surface area contributed by atoms with Gasteiger partial charge in [-0.05, 0) is 152 Å². The predicted octanol–water partition coefficient (Wildman–Crippen LogP) is 23.8. The number of hydrogen-bond acceptors (Lipinski definition) is 7. The number of ether oxygens (including phenoxy) is 1. The van der Waals surface area contributed by atoms with Crippen molar-refractivity contribution in [3.8, 4) is 5.88 Å². The van der Waals surface area contributed by atoms with Crippen molar-refractivity contribution in [3.63, 3.8) is 0 Å². The second kappa shape index (κ2) is 44.7. The lowest BCUT2D eigenvalue weighted by Crippen LogP contribution is -1.96. The largest absolute Gasteiger partial charge is 0.480 e. The third kappa shape index (κ3) is 36.1. The molecule has 4 heterocycles. The minimum atomic E-state index is 0.401. The van der Waals surface area contributed by atoms with Crippen LogP contribution in [0.1, 0.15) is 268 Å². The maximum Gasteiger partial charge on any atom is 0.232 e. The molecule has 90 heavy (non-hydrogen) atoms. The van der Waals surface area contributed by atoms with E-state index in [2.05, 4.69) is 328 Å². The lowest BCUT2D eigenvalue weighted by molar-refractivity contribution is 0.393. The van der Waals surface area contributed by atoms with Crippen LogP contribution < -0.4 is 4.74 Å². The van der Waals surface area contributed by atoms with Crippen LogP contribution in [0.2, 0.25) is 0 Å². The van der Waals surface area contributed by atoms with Gasteiger partial charge in [-0.2, -0.15) is 0 Å². The van der Waals surface area contributed by atoms with Crippen molar-refractivity contribution in [2.75, 3.05) is 7.11 Å². The van der Waals surface area contributed by atoms with E-state index in [0.29, 0.717) is 59.1 Å². The highest BCUT2D eigenvalue weighted by Crippen LogP contribution is 2.19. The van der Waals surface area contributed by atoms with Crippen LogP contribution in [0, 0.1) is 48.5 Å². The second-order valence-electron chi connectivity index (χ2n) is 26.0. The Morgan fingerprint density at radius 3 is 0.778 bits per heavy atom. The van der Waals surface area contributed by atoms with E-state index in [9.17, 15) is 0 Å². The molecule has 0 aliphatic heterocycles. The molecule has 0 unspecified atom stereocenters. The summed E-state index contributed by atoms with van der Waals surface area (Å²) in [5, 5.41) is 0. The highest BCUT2D eigenvalue weighted by atomic mass is 16.5. The van der Waals surface area contributed by atoms with E-state index < -0.39 is 0 Å². The minimum absolute atomic E-state index is 0.401. The Bertz CT molecular complexity index is 2690. The zero-order valence-electron chi connectivity index (χ0n) is 60.7. The van der Waals surface area contributed by atoms with Gasteiger partial charge >= 0.3 is 0 Å². The van der Waals surface area contributed by atoms with Crippen molar-refractivity contribution in [3.05, 3.63) is 279 Å². The van der Waals surface area contributed by atoms with Crippen molar-refractivity contribution in [2.45, 2.75) is 226 Å². The standard InChI is InChI=1S/4C10H14.2C9H13N.C9H12.C8H12N2O.C8H12N2/c4*1-8(2)10-6-4-9(3)5-7-10;2*1-7(2)9-5-4-8(3)10-6-9;1-8(2)9-6-4-3-5-7-9;1-6(2)7-4-9-5-8(10-7)11-3;1-6(2)8-9-4-7(3)5-10-8/h4*4-8H,1-3H3;2*4-7H,1-3H3;3-8H,1-2H3;4-6H,1-3H3;4-6H,1-3H3. The first-order valence-electron chi connectivity index (χ1n) is 32.7. The van der Waals surface area contributed by atoms with Crippen LogP contribution in [0.15, 0.2) is 189 Å². The summed E-state index contributed by atoms with van der Waals surface area (Å²) in [6, 6.07) is 53.7. The second-order valence-corrected chi connectivity index (χ2v) is 26.0. The lowest BCUT2D eigenvalue weighted by Gasteiger charge is -2.04. The first kappa shape index (κ1) is 80.4. The summed E-state index contributed by atoms with van der Waals surface area (Å²) in [6.45, 7) is 53.6. The molecular formula is C83H118N6O. The van der Waals surface area contributed by atoms with Crippen molar-refractivity contribution >= 4 is 0 Å². The van der Waals surface area contributed by atoms with Crippen molar-refractivity contribution in [1.29, 1.82) is 0 Å². The maximum atomic E-state index is 4.93. The topological polar surface area (TPSA) is 86.6 Å². The Balaban J connectivity index is 0.000000506. The molecule has 4 aromatic heterocycles. The molecule has 0 bridgehead atoms. The van der Waals surface area contributed by atoms with E-state index in [1.54, 1.807) is 19.5 Å². The van der Waals surface area contributed by atoms with Gasteiger partial charge < -0.3 is 4.74 Å². The molecule has 7 heteroatoms. The molecule has 7 nitrogen and oxygen atoms in total. The molecule has 0 saturated carbocycles. The maximum absolute atomic E-state index is 4.93. The van der Waals surface area contributed by atoms with Crippen LogP contribution in [0.4, 0.5) is 0 Å². The highest BCUT2D eigenvalue weighted by molar-refractivity contribution is 5.27. The zero-order chi connectivity index (χ0) is 67.9. The van der Waals surface area contributed by atoms with Gasteiger partial charge in [0.15, 0.2) is 0 Å². The molecule has 0 atom stereocenters.